The summed E-state index contributed by atoms with van der Waals surface area (Å²) < 4.78 is 5.36. The van der Waals surface area contributed by atoms with Crippen molar-refractivity contribution in [2.45, 2.75) is 155 Å². The molecule has 0 bridgehead atoms. The fourth-order valence-corrected chi connectivity index (χ4v) is 11.5. The Morgan fingerprint density at radius 1 is 0.510 bits per heavy atom. The van der Waals surface area contributed by atoms with E-state index in [1.807, 2.05) is 178 Å². The molecular formula is C76H106N14O4S2. The normalized spacial score (nSPS) is 12.7. The van der Waals surface area contributed by atoms with E-state index in [-0.39, 0.29) is 50.0 Å². The number of carbonyl (C=O) groups excluding carboxylic acids is 3. The summed E-state index contributed by atoms with van der Waals surface area (Å²) in [4.78, 5) is 72.8. The molecule has 20 heteroatoms. The molecule has 0 fully saturated rings. The molecule has 9 N–H and O–H groups in total. The molecule has 0 spiro atoms. The molecule has 0 aliphatic carbocycles. The minimum Gasteiger partial charge on any atom is -0.445 e. The van der Waals surface area contributed by atoms with Gasteiger partial charge in [-0.1, -0.05) is 238 Å². The van der Waals surface area contributed by atoms with Crippen LogP contribution in [0.4, 0.5) is 4.79 Å². The van der Waals surface area contributed by atoms with Crippen molar-refractivity contribution in [2.75, 3.05) is 46.0 Å². The Hall–Kier alpha value is -8.27. The van der Waals surface area contributed by atoms with Gasteiger partial charge in [0.2, 0.25) is 11.8 Å². The summed E-state index contributed by atoms with van der Waals surface area (Å²) in [7, 11) is 7.51. The van der Waals surface area contributed by atoms with Crippen molar-refractivity contribution in [3.8, 4) is 45.0 Å². The second-order valence-electron chi connectivity index (χ2n) is 23.4. The Morgan fingerprint density at radius 2 is 0.854 bits per heavy atom. The molecule has 4 heterocycles. The molecule has 0 saturated carbocycles. The number of ether oxygens (including phenoxy) is 1. The van der Waals surface area contributed by atoms with E-state index in [4.69, 9.17) is 10.5 Å². The van der Waals surface area contributed by atoms with Crippen molar-refractivity contribution in [3.63, 3.8) is 0 Å². The molecule has 0 aliphatic rings. The van der Waals surface area contributed by atoms with E-state index in [1.54, 1.807) is 29.9 Å². The summed E-state index contributed by atoms with van der Waals surface area (Å²) in [6.45, 7) is 8.89. The monoisotopic (exact) mass is 1340 g/mol. The van der Waals surface area contributed by atoms with Crippen molar-refractivity contribution >= 4 is 42.3 Å². The highest BCUT2D eigenvalue weighted by Gasteiger charge is 2.30. The average Bonchev–Trinajstić information content (AvgIpc) is 1.69. The van der Waals surface area contributed by atoms with Gasteiger partial charge in [0.25, 0.3) is 0 Å². The zero-order valence-corrected chi connectivity index (χ0v) is 58.8. The molecule has 9 rings (SSSR count). The number of nitrogens with two attached hydrogens (primary N) is 1. The number of hydrogen-bond donors (Lipinski definition) is 9. The van der Waals surface area contributed by atoms with Crippen LogP contribution < -0.4 is 21.7 Å². The molecule has 3 amide bonds. The molecule has 96 heavy (non-hydrogen) atoms. The van der Waals surface area contributed by atoms with Crippen LogP contribution in [0.5, 0.6) is 0 Å². The number of likely N-dealkylation sites (N-methyl/N-ethyl adjacent to an activating group) is 3. The van der Waals surface area contributed by atoms with E-state index in [0.29, 0.717) is 11.8 Å². The van der Waals surface area contributed by atoms with Crippen molar-refractivity contribution < 1.29 is 19.1 Å². The van der Waals surface area contributed by atoms with Gasteiger partial charge in [-0.2, -0.15) is 24.4 Å². The maximum atomic E-state index is 12.9. The number of thiol groups is 1. The van der Waals surface area contributed by atoms with Crippen molar-refractivity contribution in [1.29, 1.82) is 0 Å². The van der Waals surface area contributed by atoms with Crippen molar-refractivity contribution in [3.05, 3.63) is 205 Å². The first-order chi connectivity index (χ1) is 46.3. The second-order valence-corrected chi connectivity index (χ2v) is 24.7. The first-order valence-corrected chi connectivity index (χ1v) is 35.5. The third-order valence-electron chi connectivity index (χ3n) is 16.3. The number of thioether (sulfide) groups is 1. The van der Waals surface area contributed by atoms with Gasteiger partial charge < -0.3 is 56.2 Å². The van der Waals surface area contributed by atoms with Crippen molar-refractivity contribution in [2.24, 2.45) is 5.73 Å². The number of nitrogens with zero attached hydrogens (tertiary/aromatic N) is 6. The highest BCUT2D eigenvalue weighted by molar-refractivity contribution is 7.98. The van der Waals surface area contributed by atoms with Crippen LogP contribution in [0.15, 0.2) is 176 Å². The Morgan fingerprint density at radius 3 is 1.22 bits per heavy atom. The molecule has 0 saturated heterocycles. The first kappa shape index (κ1) is 78.4. The minimum absolute atomic E-state index is 0. The highest BCUT2D eigenvalue weighted by Crippen LogP contribution is 2.30. The Kier molecular flexibility index (Phi) is 35.7. The van der Waals surface area contributed by atoms with Gasteiger partial charge in [-0.05, 0) is 73.9 Å². The van der Waals surface area contributed by atoms with E-state index < -0.39 is 12.1 Å². The predicted octanol–water partition coefficient (Wildman–Crippen LogP) is 16.1. The molecule has 0 aliphatic heterocycles. The molecule has 18 nitrogen and oxygen atoms in total. The van der Waals surface area contributed by atoms with E-state index in [2.05, 4.69) is 120 Å². The summed E-state index contributed by atoms with van der Waals surface area (Å²) in [5, 5.41) is 9.41. The summed E-state index contributed by atoms with van der Waals surface area (Å²) in [5.41, 5.74) is 15.2. The number of imidazole rings is 4. The Labute approximate surface area is 580 Å². The lowest BCUT2D eigenvalue weighted by atomic mass is 10.1. The van der Waals surface area contributed by atoms with Crippen LogP contribution in [0.3, 0.4) is 0 Å². The zero-order valence-electron chi connectivity index (χ0n) is 57.1. The molecule has 5 aromatic carbocycles. The molecule has 6 atom stereocenters. The summed E-state index contributed by atoms with van der Waals surface area (Å²) in [6, 6.07) is 49.3. The molecule has 516 valence electrons. The fourth-order valence-electron chi connectivity index (χ4n) is 10.7. The minimum atomic E-state index is -0.592. The molecule has 4 aromatic heterocycles. The van der Waals surface area contributed by atoms with Gasteiger partial charge in [-0.25, -0.2) is 24.7 Å². The van der Waals surface area contributed by atoms with E-state index in [0.717, 1.165) is 138 Å². The number of alkyl carbamates (subject to hydrolysis) is 1. The van der Waals surface area contributed by atoms with Crippen LogP contribution in [0.25, 0.3) is 45.0 Å². The lowest BCUT2D eigenvalue weighted by Gasteiger charge is -2.30. The van der Waals surface area contributed by atoms with E-state index >= 15 is 0 Å². The number of unbranched alkanes of at least 4 members (excludes halogenated alkanes) is 4. The topological polar surface area (TPSA) is 244 Å². The lowest BCUT2D eigenvalue weighted by Crippen LogP contribution is -2.46. The van der Waals surface area contributed by atoms with E-state index in [9.17, 15) is 14.4 Å². The lowest BCUT2D eigenvalue weighted by molar-refractivity contribution is -0.134. The number of amides is 3. The molecule has 9 aromatic rings. The van der Waals surface area contributed by atoms with Gasteiger partial charge >= 0.3 is 6.09 Å². The second kappa shape index (κ2) is 43.7. The number of benzene rings is 5. The predicted molar refractivity (Wildman–Crippen MR) is 399 cm³/mol. The summed E-state index contributed by atoms with van der Waals surface area (Å²) in [5.74, 6) is 4.52. The largest absolute Gasteiger partial charge is 0.445 e. The number of hydrogen-bond acceptors (Lipinski definition) is 13. The van der Waals surface area contributed by atoms with Gasteiger partial charge in [0.05, 0.1) is 83.8 Å². The highest BCUT2D eigenvalue weighted by atomic mass is 32.2. The third-order valence-corrected chi connectivity index (χ3v) is 17.4. The van der Waals surface area contributed by atoms with Gasteiger partial charge in [0.15, 0.2) is 0 Å². The quantitative estimate of drug-likeness (QED) is 0.0179. The van der Waals surface area contributed by atoms with Gasteiger partial charge in [-0.15, -0.1) is 0 Å². The number of rotatable bonds is 32. The Bertz CT molecular complexity index is 3530. The standard InChI is InChI=1S/C22H25N3O2.C20H30N4OS.C18H26N4OS.C15H21N3.CH4/c1-2-3-14-19(25-22(26)27-16-17-10-6-4-7-11-17)21-23-15-20(24-21)18-12-8-5-9-13-18;1-5-6-12-18(24(3)20(25)17(21-2)14-26-4)19-22-13-16(23-19)15-10-8-7-9-11-15;1-3-4-10-16(22(2)18(23)14(19)12-24)17-20-11-15(21-17)13-8-6-5-7-9-13;1-3-4-10-13(16-2)15-17-11-14(18-15)12-8-6-5-7-9-12;/h4-13,15,19H,2-3,14,16H2,1H3,(H,23,24)(H,25,26);7-11,13,17-18,21H,5-6,12,14H2,1-4H3,(H,22,23);5-9,11,14,16,24H,3-4,10,12,19H2,1-2H3,(H,20,21);5-9,11,13,16H,3-4,10H2,1-2H3,(H,17,18);1H4/t19-;17-,18-;14-,16-;13-;/m0000./s1. The van der Waals surface area contributed by atoms with Crippen LogP contribution >= 0.6 is 24.4 Å². The van der Waals surface area contributed by atoms with Crippen molar-refractivity contribution in [1.82, 2.24) is 65.6 Å². The van der Waals surface area contributed by atoms with Crippen LogP contribution in [-0.4, -0.2) is 126 Å². The van der Waals surface area contributed by atoms with Gasteiger partial charge in [0, 0.05) is 25.6 Å². The fraction of sp³-hybridized carbons (Fsp3) is 0.408. The summed E-state index contributed by atoms with van der Waals surface area (Å²) >= 11 is 5.81. The Balaban J connectivity index is 0.000000233. The molecule has 0 unspecified atom stereocenters. The maximum Gasteiger partial charge on any atom is 0.408 e. The number of aromatic nitrogens is 8. The smallest absolute Gasteiger partial charge is 0.408 e. The number of aromatic amines is 4. The van der Waals surface area contributed by atoms with Crippen LogP contribution in [0, 0.1) is 0 Å². The zero-order chi connectivity index (χ0) is 68.2. The molecular weight excluding hydrogens is 1240 g/mol. The van der Waals surface area contributed by atoms with Crippen LogP contribution in [0.2, 0.25) is 0 Å². The third kappa shape index (κ3) is 24.7. The number of H-pyrrole nitrogens is 4. The number of nitrogens with one attached hydrogen (secondary N) is 7. The number of carbonyl (C=O) groups is 3. The summed E-state index contributed by atoms with van der Waals surface area (Å²) in [6.07, 6.45) is 21.3. The average molecular weight is 1340 g/mol. The van der Waals surface area contributed by atoms with E-state index in [1.165, 1.54) is 18.4 Å². The van der Waals surface area contributed by atoms with Gasteiger partial charge in [0.1, 0.15) is 29.9 Å². The van der Waals surface area contributed by atoms with Gasteiger partial charge in [-0.3, -0.25) is 9.59 Å². The maximum absolute atomic E-state index is 12.9. The van der Waals surface area contributed by atoms with Crippen LogP contribution in [0.1, 0.15) is 165 Å². The molecule has 0 radical (unpaired) electrons. The van der Waals surface area contributed by atoms with Crippen LogP contribution in [-0.2, 0) is 20.9 Å². The first-order valence-electron chi connectivity index (χ1n) is 33.4. The SMILES string of the molecule is C.CCCC[C@@H](c1ncc(-c2ccccc2)[nH]1)N(C)C(=O)[C@@H](N)CS.CCCC[C@@H](c1ncc(-c2ccccc2)[nH]1)N(C)C(=O)[C@H](CSC)NC.CCCC[C@H](NC(=O)OCc1ccccc1)c1ncc(-c2ccccc2)[nH]1.CCCC[C@H](NC)c1ncc(-c2ccccc2)[nH]1.